The van der Waals surface area contributed by atoms with Crippen molar-refractivity contribution < 1.29 is 14.3 Å². The largest absolute Gasteiger partial charge is 0.466 e. The molecule has 0 radical (unpaired) electrons. The number of rotatable bonds is 7. The van der Waals surface area contributed by atoms with Gasteiger partial charge in [0, 0.05) is 12.8 Å². The van der Waals surface area contributed by atoms with Gasteiger partial charge in [-0.15, -0.1) is 0 Å². The van der Waals surface area contributed by atoms with Gasteiger partial charge >= 0.3 is 5.97 Å². The summed E-state index contributed by atoms with van der Waals surface area (Å²) in [5.41, 5.74) is 0.219. The Morgan fingerprint density at radius 2 is 1.67 bits per heavy atom. The molecule has 0 aliphatic heterocycles. The van der Waals surface area contributed by atoms with Gasteiger partial charge in [-0.3, -0.25) is 4.79 Å². The van der Waals surface area contributed by atoms with Gasteiger partial charge in [-0.25, -0.2) is 0 Å². The summed E-state index contributed by atoms with van der Waals surface area (Å²) in [4.78, 5) is 22.7. The lowest BCUT2D eigenvalue weighted by Crippen LogP contribution is -2.26. The first-order valence-electron chi connectivity index (χ1n) is 7.23. The number of esters is 1. The fourth-order valence-electron chi connectivity index (χ4n) is 2.97. The minimum Gasteiger partial charge on any atom is -0.466 e. The average Bonchev–Trinajstić information content (AvgIpc) is 2.36. The zero-order chi connectivity index (χ0) is 13.4. The van der Waals surface area contributed by atoms with Crippen LogP contribution in [0.1, 0.15) is 71.6 Å². The van der Waals surface area contributed by atoms with Crippen LogP contribution >= 0.6 is 0 Å². The first-order chi connectivity index (χ1) is 8.58. The fraction of sp³-hybridized carbons (Fsp3) is 0.867. The van der Waals surface area contributed by atoms with E-state index in [9.17, 15) is 9.59 Å². The number of ether oxygens (including phenoxy) is 1. The SMILES string of the molecule is CCOC(=O)CCC1(CCC(C)=O)CCCCC1. The second-order valence-electron chi connectivity index (χ2n) is 5.57. The Balaban J connectivity index is 2.48. The van der Waals surface area contributed by atoms with E-state index in [-0.39, 0.29) is 17.2 Å². The number of hydrogen-bond donors (Lipinski definition) is 0. The van der Waals surface area contributed by atoms with Gasteiger partial charge in [0.15, 0.2) is 0 Å². The van der Waals surface area contributed by atoms with Crippen molar-refractivity contribution >= 4 is 11.8 Å². The lowest BCUT2D eigenvalue weighted by Gasteiger charge is -2.37. The molecule has 0 saturated heterocycles. The van der Waals surface area contributed by atoms with E-state index < -0.39 is 0 Å². The summed E-state index contributed by atoms with van der Waals surface area (Å²) in [5, 5.41) is 0. The molecule has 0 aromatic carbocycles. The van der Waals surface area contributed by atoms with E-state index in [1.165, 1.54) is 32.1 Å². The predicted octanol–water partition coefficient (Wildman–Crippen LogP) is 3.65. The molecule has 0 N–H and O–H groups in total. The summed E-state index contributed by atoms with van der Waals surface area (Å²) in [5.74, 6) is 0.168. The lowest BCUT2D eigenvalue weighted by molar-refractivity contribution is -0.144. The molecule has 104 valence electrons. The van der Waals surface area contributed by atoms with E-state index in [0.29, 0.717) is 19.4 Å². The van der Waals surface area contributed by atoms with Crippen molar-refractivity contribution in [1.29, 1.82) is 0 Å². The quantitative estimate of drug-likeness (QED) is 0.651. The highest BCUT2D eigenvalue weighted by Gasteiger charge is 2.32. The van der Waals surface area contributed by atoms with Gasteiger partial charge in [0.05, 0.1) is 6.61 Å². The number of carbonyl (C=O) groups is 2. The monoisotopic (exact) mass is 254 g/mol. The maximum Gasteiger partial charge on any atom is 0.305 e. The number of carbonyl (C=O) groups excluding carboxylic acids is 2. The molecule has 0 aromatic rings. The topological polar surface area (TPSA) is 43.4 Å². The Morgan fingerprint density at radius 3 is 2.22 bits per heavy atom. The predicted molar refractivity (Wildman–Crippen MR) is 71.3 cm³/mol. The summed E-state index contributed by atoms with van der Waals surface area (Å²) in [7, 11) is 0. The second-order valence-corrected chi connectivity index (χ2v) is 5.57. The normalized spacial score (nSPS) is 18.3. The van der Waals surface area contributed by atoms with Crippen LogP contribution in [0.2, 0.25) is 0 Å². The summed E-state index contributed by atoms with van der Waals surface area (Å²) in [6.07, 6.45) is 9.09. The Bertz CT molecular complexity index is 277. The van der Waals surface area contributed by atoms with E-state index in [1.807, 2.05) is 6.92 Å². The van der Waals surface area contributed by atoms with Crippen molar-refractivity contribution in [2.45, 2.75) is 71.6 Å². The molecule has 0 heterocycles. The van der Waals surface area contributed by atoms with Gasteiger partial charge in [0.1, 0.15) is 5.78 Å². The van der Waals surface area contributed by atoms with Gasteiger partial charge in [0.2, 0.25) is 0 Å². The van der Waals surface area contributed by atoms with Crippen LogP contribution in [0.4, 0.5) is 0 Å². The standard InChI is InChI=1S/C15H26O3/c1-3-18-14(17)8-12-15(11-7-13(2)16)9-5-4-6-10-15/h3-12H2,1-2H3. The third-order valence-corrected chi connectivity index (χ3v) is 4.09. The molecule has 1 aliphatic rings. The highest BCUT2D eigenvalue weighted by Crippen LogP contribution is 2.44. The summed E-state index contributed by atoms with van der Waals surface area (Å²) >= 11 is 0. The molecular weight excluding hydrogens is 228 g/mol. The van der Waals surface area contributed by atoms with E-state index in [2.05, 4.69) is 0 Å². The van der Waals surface area contributed by atoms with Crippen molar-refractivity contribution in [3.8, 4) is 0 Å². The van der Waals surface area contributed by atoms with Crippen LogP contribution in [-0.2, 0) is 14.3 Å². The third kappa shape index (κ3) is 5.19. The highest BCUT2D eigenvalue weighted by atomic mass is 16.5. The van der Waals surface area contributed by atoms with Crippen molar-refractivity contribution in [2.24, 2.45) is 5.41 Å². The minimum absolute atomic E-state index is 0.0923. The molecule has 0 aromatic heterocycles. The summed E-state index contributed by atoms with van der Waals surface area (Å²) < 4.78 is 5.00. The van der Waals surface area contributed by atoms with Crippen molar-refractivity contribution in [1.82, 2.24) is 0 Å². The van der Waals surface area contributed by atoms with Crippen LogP contribution in [0, 0.1) is 5.41 Å². The van der Waals surface area contributed by atoms with Gasteiger partial charge < -0.3 is 9.53 Å². The maximum atomic E-state index is 11.5. The van der Waals surface area contributed by atoms with Crippen LogP contribution in [0.5, 0.6) is 0 Å². The molecule has 1 rings (SSSR count). The lowest BCUT2D eigenvalue weighted by atomic mass is 9.68. The third-order valence-electron chi connectivity index (χ3n) is 4.09. The van der Waals surface area contributed by atoms with Crippen molar-refractivity contribution in [3.63, 3.8) is 0 Å². The van der Waals surface area contributed by atoms with Crippen molar-refractivity contribution in [2.75, 3.05) is 6.61 Å². The van der Waals surface area contributed by atoms with Crippen molar-refractivity contribution in [3.05, 3.63) is 0 Å². The van der Waals surface area contributed by atoms with E-state index in [4.69, 9.17) is 4.74 Å². The number of ketones is 1. The maximum absolute atomic E-state index is 11.5. The molecule has 1 saturated carbocycles. The molecule has 0 bridgehead atoms. The molecule has 1 fully saturated rings. The first-order valence-corrected chi connectivity index (χ1v) is 7.23. The molecule has 18 heavy (non-hydrogen) atoms. The number of Topliss-reactive ketones (excluding diaryl/α,β-unsaturated/α-hetero) is 1. The zero-order valence-corrected chi connectivity index (χ0v) is 11.8. The molecular formula is C15H26O3. The van der Waals surface area contributed by atoms with Gasteiger partial charge in [0.25, 0.3) is 0 Å². The Labute approximate surface area is 110 Å². The molecule has 3 nitrogen and oxygen atoms in total. The number of hydrogen-bond acceptors (Lipinski definition) is 3. The minimum atomic E-state index is -0.0923. The Hall–Kier alpha value is -0.860. The van der Waals surface area contributed by atoms with Crippen LogP contribution in [-0.4, -0.2) is 18.4 Å². The molecule has 3 heteroatoms. The van der Waals surface area contributed by atoms with Crippen LogP contribution in [0.25, 0.3) is 0 Å². The first kappa shape index (κ1) is 15.2. The Morgan fingerprint density at radius 1 is 1.06 bits per heavy atom. The highest BCUT2D eigenvalue weighted by molar-refractivity contribution is 5.75. The van der Waals surface area contributed by atoms with Gasteiger partial charge in [-0.2, -0.15) is 0 Å². The molecule has 0 unspecified atom stereocenters. The van der Waals surface area contributed by atoms with Crippen LogP contribution in [0.3, 0.4) is 0 Å². The van der Waals surface area contributed by atoms with E-state index in [0.717, 1.165) is 12.8 Å². The summed E-state index contributed by atoms with van der Waals surface area (Å²) in [6, 6.07) is 0. The summed E-state index contributed by atoms with van der Waals surface area (Å²) in [6.45, 7) is 3.95. The average molecular weight is 254 g/mol. The van der Waals surface area contributed by atoms with Gasteiger partial charge in [-0.05, 0) is 44.9 Å². The van der Waals surface area contributed by atoms with E-state index in [1.54, 1.807) is 6.92 Å². The van der Waals surface area contributed by atoms with E-state index >= 15 is 0 Å². The molecule has 0 amide bonds. The molecule has 0 spiro atoms. The fourth-order valence-corrected chi connectivity index (χ4v) is 2.97. The zero-order valence-electron chi connectivity index (χ0n) is 11.8. The Kier molecular flexibility index (Phi) is 6.37. The van der Waals surface area contributed by atoms with Gasteiger partial charge in [-0.1, -0.05) is 19.3 Å². The molecule has 1 aliphatic carbocycles. The smallest absolute Gasteiger partial charge is 0.305 e. The van der Waals surface area contributed by atoms with Crippen LogP contribution < -0.4 is 0 Å². The molecule has 0 atom stereocenters. The van der Waals surface area contributed by atoms with Crippen LogP contribution in [0.15, 0.2) is 0 Å². The second kappa shape index (κ2) is 7.55.